The number of hydrogen-bond acceptors (Lipinski definition) is 5. The van der Waals surface area contributed by atoms with Crippen molar-refractivity contribution in [2.24, 2.45) is 5.92 Å². The number of carbonyl (C=O) groups is 2. The fourth-order valence-corrected chi connectivity index (χ4v) is 5.35. The smallest absolute Gasteiger partial charge is 0.324 e. The number of rotatable bonds is 6. The van der Waals surface area contributed by atoms with Gasteiger partial charge in [-0.2, -0.15) is 5.10 Å². The van der Waals surface area contributed by atoms with Crippen LogP contribution in [0.4, 0.5) is 16.3 Å². The topological polar surface area (TPSA) is 112 Å². The minimum absolute atomic E-state index is 0.0653. The zero-order valence-corrected chi connectivity index (χ0v) is 25.5. The zero-order chi connectivity index (χ0) is 30.7. The van der Waals surface area contributed by atoms with Crippen molar-refractivity contribution < 1.29 is 14.7 Å². The van der Waals surface area contributed by atoms with Gasteiger partial charge >= 0.3 is 6.03 Å². The van der Waals surface area contributed by atoms with E-state index in [-0.39, 0.29) is 23.2 Å². The van der Waals surface area contributed by atoms with Gasteiger partial charge in [0.05, 0.1) is 11.4 Å². The highest BCUT2D eigenvalue weighted by Gasteiger charge is 2.25. The molecule has 0 spiro atoms. The maximum atomic E-state index is 13.0. The van der Waals surface area contributed by atoms with Crippen LogP contribution < -0.4 is 10.6 Å². The first kappa shape index (κ1) is 29.8. The van der Waals surface area contributed by atoms with Crippen molar-refractivity contribution in [1.82, 2.24) is 19.7 Å². The fourth-order valence-electron chi connectivity index (χ4n) is 5.35. The number of urea groups is 1. The molecule has 2 aromatic carbocycles. The molecule has 0 unspecified atom stereocenters. The molecule has 0 bridgehead atoms. The monoisotopic (exact) mass is 580 g/mol. The highest BCUT2D eigenvalue weighted by molar-refractivity contribution is 5.99. The molecule has 5 rings (SSSR count). The minimum Gasteiger partial charge on any atom is -0.493 e. The maximum Gasteiger partial charge on any atom is 0.324 e. The van der Waals surface area contributed by atoms with Crippen molar-refractivity contribution in [3.05, 3.63) is 94.8 Å². The molecular weight excluding hydrogens is 540 g/mol. The van der Waals surface area contributed by atoms with Gasteiger partial charge in [-0.3, -0.25) is 10.1 Å². The SMILES string of the molecule is Cc1ccc(-n2nc(C(C)(C)C)cc2NC(=O)Nc2ccc(CC3CCN(C(=O)c4cc(C)nc(O)c4)CC3)cc2)cc1. The largest absolute Gasteiger partial charge is 0.493 e. The van der Waals surface area contributed by atoms with E-state index in [1.165, 1.54) is 11.6 Å². The lowest BCUT2D eigenvalue weighted by molar-refractivity contribution is 0.0689. The standard InChI is InChI=1S/C34H40N6O3/c1-22-6-12-28(13-7-22)40-30(21-29(38-40)34(3,4)5)37-33(43)36-27-10-8-24(9-11-27)19-25-14-16-39(17-15-25)32(42)26-18-23(2)35-31(41)20-26/h6-13,18,20-21,25H,14-17,19H2,1-5H3,(H,35,41)(H2,36,37,43). The quantitative estimate of drug-likeness (QED) is 0.237. The summed E-state index contributed by atoms with van der Waals surface area (Å²) in [5.74, 6) is 0.878. The molecule has 4 aromatic rings. The van der Waals surface area contributed by atoms with Crippen molar-refractivity contribution in [2.45, 2.75) is 59.3 Å². The summed E-state index contributed by atoms with van der Waals surface area (Å²) in [5.41, 5.74) is 5.74. The number of aromatic nitrogens is 3. The average Bonchev–Trinajstić information content (AvgIpc) is 3.38. The lowest BCUT2D eigenvalue weighted by Gasteiger charge is -2.32. The number of aromatic hydroxyl groups is 1. The van der Waals surface area contributed by atoms with Crippen molar-refractivity contribution in [3.63, 3.8) is 0 Å². The number of hydrogen-bond donors (Lipinski definition) is 3. The molecule has 1 aliphatic heterocycles. The third-order valence-electron chi connectivity index (χ3n) is 7.82. The van der Waals surface area contributed by atoms with Crippen LogP contribution >= 0.6 is 0 Å². The maximum absolute atomic E-state index is 13.0. The molecule has 224 valence electrons. The molecule has 1 saturated heterocycles. The molecule has 1 aliphatic rings. The Morgan fingerprint density at radius 3 is 2.23 bits per heavy atom. The summed E-state index contributed by atoms with van der Waals surface area (Å²) in [6.45, 7) is 11.5. The number of likely N-dealkylation sites (tertiary alicyclic amines) is 1. The Bertz CT molecular complexity index is 1570. The van der Waals surface area contributed by atoms with Crippen molar-refractivity contribution in [2.75, 3.05) is 23.7 Å². The van der Waals surface area contributed by atoms with Crippen molar-refractivity contribution in [3.8, 4) is 11.6 Å². The molecule has 0 aliphatic carbocycles. The third-order valence-corrected chi connectivity index (χ3v) is 7.82. The number of benzene rings is 2. The second kappa shape index (κ2) is 12.3. The lowest BCUT2D eigenvalue weighted by atomic mass is 9.90. The van der Waals surface area contributed by atoms with Gasteiger partial charge in [-0.05, 0) is 74.9 Å². The number of nitrogens with zero attached hydrogens (tertiary/aromatic N) is 4. The second-order valence-electron chi connectivity index (χ2n) is 12.5. The predicted octanol–water partition coefficient (Wildman–Crippen LogP) is 6.63. The molecule has 0 saturated carbocycles. The first-order chi connectivity index (χ1) is 20.4. The van der Waals surface area contributed by atoms with Gasteiger partial charge in [-0.1, -0.05) is 50.6 Å². The normalized spacial score (nSPS) is 14.0. The second-order valence-corrected chi connectivity index (χ2v) is 12.5. The fraction of sp³-hybridized carbons (Fsp3) is 0.353. The lowest BCUT2D eigenvalue weighted by Crippen LogP contribution is -2.39. The molecule has 0 radical (unpaired) electrons. The van der Waals surface area contributed by atoms with Gasteiger partial charge in [-0.15, -0.1) is 0 Å². The molecule has 1 fully saturated rings. The van der Waals surface area contributed by atoms with Crippen LogP contribution in [0.15, 0.2) is 66.7 Å². The molecule has 2 aromatic heterocycles. The van der Waals surface area contributed by atoms with E-state index in [0.717, 1.165) is 36.2 Å². The van der Waals surface area contributed by atoms with Crippen molar-refractivity contribution >= 4 is 23.4 Å². The number of nitrogens with one attached hydrogen (secondary N) is 2. The number of piperidine rings is 1. The summed E-state index contributed by atoms with van der Waals surface area (Å²) < 4.78 is 1.77. The number of amides is 3. The van der Waals surface area contributed by atoms with Gasteiger partial charge in [0.1, 0.15) is 5.82 Å². The van der Waals surface area contributed by atoms with Crippen LogP contribution in [0.5, 0.6) is 5.88 Å². The van der Waals surface area contributed by atoms with Gasteiger partial charge < -0.3 is 15.3 Å². The molecule has 9 nitrogen and oxygen atoms in total. The molecule has 3 amide bonds. The van der Waals surface area contributed by atoms with E-state index < -0.39 is 0 Å². The van der Waals surface area contributed by atoms with Gasteiger partial charge in [0.2, 0.25) is 5.88 Å². The van der Waals surface area contributed by atoms with E-state index in [1.807, 2.05) is 66.4 Å². The van der Waals surface area contributed by atoms with Crippen LogP contribution in [0.3, 0.4) is 0 Å². The third kappa shape index (κ3) is 7.41. The van der Waals surface area contributed by atoms with Gasteiger partial charge in [0, 0.05) is 47.6 Å². The first-order valence-electron chi connectivity index (χ1n) is 14.8. The van der Waals surface area contributed by atoms with Crippen LogP contribution in [0.2, 0.25) is 0 Å². The van der Waals surface area contributed by atoms with E-state index in [4.69, 9.17) is 5.10 Å². The summed E-state index contributed by atoms with van der Waals surface area (Å²) in [4.78, 5) is 31.7. The van der Waals surface area contributed by atoms with Gasteiger partial charge in [0.25, 0.3) is 5.91 Å². The summed E-state index contributed by atoms with van der Waals surface area (Å²) in [7, 11) is 0. The Balaban J connectivity index is 1.16. The summed E-state index contributed by atoms with van der Waals surface area (Å²) >= 11 is 0. The number of carbonyl (C=O) groups excluding carboxylic acids is 2. The molecule has 43 heavy (non-hydrogen) atoms. The number of pyridine rings is 1. The van der Waals surface area contributed by atoms with Crippen LogP contribution in [-0.2, 0) is 11.8 Å². The Labute approximate surface area is 253 Å². The number of aryl methyl sites for hydroxylation is 2. The summed E-state index contributed by atoms with van der Waals surface area (Å²) in [5, 5.41) is 20.5. The number of anilines is 2. The van der Waals surface area contributed by atoms with E-state index in [9.17, 15) is 14.7 Å². The van der Waals surface area contributed by atoms with Gasteiger partial charge in [-0.25, -0.2) is 14.5 Å². The van der Waals surface area contributed by atoms with E-state index >= 15 is 0 Å². The predicted molar refractivity (Wildman–Crippen MR) is 169 cm³/mol. The van der Waals surface area contributed by atoms with E-state index in [1.54, 1.807) is 17.7 Å². The molecule has 9 heteroatoms. The highest BCUT2D eigenvalue weighted by atomic mass is 16.3. The average molecular weight is 581 g/mol. The highest BCUT2D eigenvalue weighted by Crippen LogP contribution is 2.27. The van der Waals surface area contributed by atoms with Crippen LogP contribution in [0.1, 0.15) is 66.5 Å². The zero-order valence-electron chi connectivity index (χ0n) is 25.5. The van der Waals surface area contributed by atoms with E-state index in [0.29, 0.717) is 41.8 Å². The van der Waals surface area contributed by atoms with Crippen LogP contribution in [0, 0.1) is 19.8 Å². The Morgan fingerprint density at radius 1 is 0.930 bits per heavy atom. The molecule has 3 N–H and O–H groups in total. The van der Waals surface area contributed by atoms with E-state index in [2.05, 4.69) is 36.4 Å². The molecule has 3 heterocycles. The van der Waals surface area contributed by atoms with Crippen LogP contribution in [-0.4, -0.2) is 49.8 Å². The van der Waals surface area contributed by atoms with Crippen LogP contribution in [0.25, 0.3) is 5.69 Å². The minimum atomic E-state index is -0.337. The summed E-state index contributed by atoms with van der Waals surface area (Å²) in [6, 6.07) is 20.7. The molecule has 0 atom stereocenters. The van der Waals surface area contributed by atoms with Gasteiger partial charge in [0.15, 0.2) is 0 Å². The van der Waals surface area contributed by atoms with Crippen molar-refractivity contribution in [1.29, 1.82) is 0 Å². The Morgan fingerprint density at radius 2 is 1.60 bits per heavy atom. The summed E-state index contributed by atoms with van der Waals surface area (Å²) in [6.07, 6.45) is 2.74. The molecular formula is C34H40N6O3. The first-order valence-corrected chi connectivity index (χ1v) is 14.8. The Hall–Kier alpha value is -4.66. The Kier molecular flexibility index (Phi) is 8.52.